The highest BCUT2D eigenvalue weighted by Crippen LogP contribution is 2.06. The lowest BCUT2D eigenvalue weighted by molar-refractivity contribution is 0.305. The van der Waals surface area contributed by atoms with Crippen molar-refractivity contribution >= 4 is 0 Å². The second-order valence-corrected chi connectivity index (χ2v) is 4.52. The number of aliphatic hydroxyl groups is 1. The van der Waals surface area contributed by atoms with Gasteiger partial charge in [-0.15, -0.1) is 0 Å². The molecule has 0 saturated heterocycles. The van der Waals surface area contributed by atoms with Gasteiger partial charge >= 0.3 is 5.69 Å². The number of rotatable bonds is 3. The summed E-state index contributed by atoms with van der Waals surface area (Å²) in [5.74, 6) is 5.87. The number of aromatic nitrogens is 2. The van der Waals surface area contributed by atoms with Crippen LogP contribution in [0.1, 0.15) is 23.1 Å². The normalized spacial score (nSPS) is 9.90. The van der Waals surface area contributed by atoms with Crippen LogP contribution in [-0.4, -0.2) is 21.3 Å². The van der Waals surface area contributed by atoms with Crippen molar-refractivity contribution in [3.8, 4) is 11.8 Å². The number of aryl methyl sites for hydroxylation is 1. The average molecular weight is 268 g/mol. The third kappa shape index (κ3) is 3.81. The molecule has 0 bridgehead atoms. The molecule has 0 fully saturated rings. The number of aliphatic hydroxyl groups excluding tert-OH is 1. The fourth-order valence-corrected chi connectivity index (χ4v) is 1.84. The maximum Gasteiger partial charge on any atom is 0.347 e. The zero-order valence-corrected chi connectivity index (χ0v) is 11.3. The van der Waals surface area contributed by atoms with E-state index in [9.17, 15) is 4.79 Å². The van der Waals surface area contributed by atoms with Crippen LogP contribution < -0.4 is 5.69 Å². The third-order valence-electron chi connectivity index (χ3n) is 2.73. The Hall–Kier alpha value is -2.38. The van der Waals surface area contributed by atoms with Crippen LogP contribution in [0.25, 0.3) is 0 Å². The molecule has 0 unspecified atom stereocenters. The first-order chi connectivity index (χ1) is 9.69. The Labute approximate surface area is 117 Å². The van der Waals surface area contributed by atoms with E-state index in [1.165, 1.54) is 0 Å². The third-order valence-corrected chi connectivity index (χ3v) is 2.73. The zero-order chi connectivity index (χ0) is 14.4. The van der Waals surface area contributed by atoms with Crippen LogP contribution in [0, 0.1) is 18.8 Å². The Balaban J connectivity index is 2.22. The minimum absolute atomic E-state index is 0.0665. The van der Waals surface area contributed by atoms with Crippen LogP contribution in [0.3, 0.4) is 0 Å². The standard InChI is InChI=1S/C16H16N2O2/c1-13-10-17-16(20)18(11-13)12-15-7-4-6-14(9-15)5-2-3-8-19/h4,6-7,9-11,19H,3,8,12H2,1H3. The van der Waals surface area contributed by atoms with Crippen molar-refractivity contribution in [1.29, 1.82) is 0 Å². The van der Waals surface area contributed by atoms with Gasteiger partial charge < -0.3 is 5.11 Å². The van der Waals surface area contributed by atoms with Gasteiger partial charge in [0.05, 0.1) is 13.2 Å². The van der Waals surface area contributed by atoms with Crippen molar-refractivity contribution in [3.05, 3.63) is 63.8 Å². The summed E-state index contributed by atoms with van der Waals surface area (Å²) < 4.78 is 1.58. The predicted molar refractivity (Wildman–Crippen MR) is 77.4 cm³/mol. The van der Waals surface area contributed by atoms with Gasteiger partial charge in [0, 0.05) is 24.4 Å². The smallest absolute Gasteiger partial charge is 0.347 e. The van der Waals surface area contributed by atoms with E-state index in [1.54, 1.807) is 17.0 Å². The summed E-state index contributed by atoms with van der Waals surface area (Å²) in [6.45, 7) is 2.44. The summed E-state index contributed by atoms with van der Waals surface area (Å²) in [4.78, 5) is 15.5. The second-order valence-electron chi connectivity index (χ2n) is 4.52. The van der Waals surface area contributed by atoms with E-state index in [2.05, 4.69) is 16.8 Å². The highest BCUT2D eigenvalue weighted by atomic mass is 16.2. The molecule has 0 saturated carbocycles. The lowest BCUT2D eigenvalue weighted by atomic mass is 10.1. The molecular weight excluding hydrogens is 252 g/mol. The van der Waals surface area contributed by atoms with Gasteiger partial charge in [-0.2, -0.15) is 0 Å². The van der Waals surface area contributed by atoms with Gasteiger partial charge in [-0.05, 0) is 30.2 Å². The molecule has 0 aliphatic heterocycles. The Kier molecular flexibility index (Phi) is 4.70. The van der Waals surface area contributed by atoms with Crippen LogP contribution in [-0.2, 0) is 6.54 Å². The van der Waals surface area contributed by atoms with Crippen LogP contribution >= 0.6 is 0 Å². The van der Waals surface area contributed by atoms with E-state index in [0.29, 0.717) is 13.0 Å². The Bertz CT molecular complexity index is 708. The van der Waals surface area contributed by atoms with E-state index in [1.807, 2.05) is 31.2 Å². The number of benzene rings is 1. The summed E-state index contributed by atoms with van der Waals surface area (Å²) in [7, 11) is 0. The van der Waals surface area contributed by atoms with E-state index in [0.717, 1.165) is 16.7 Å². The molecule has 0 radical (unpaired) electrons. The van der Waals surface area contributed by atoms with E-state index < -0.39 is 0 Å². The van der Waals surface area contributed by atoms with Gasteiger partial charge in [0.1, 0.15) is 0 Å². The second kappa shape index (κ2) is 6.69. The van der Waals surface area contributed by atoms with Crippen molar-refractivity contribution in [2.45, 2.75) is 19.9 Å². The fourth-order valence-electron chi connectivity index (χ4n) is 1.84. The molecule has 2 aromatic rings. The monoisotopic (exact) mass is 268 g/mol. The summed E-state index contributed by atoms with van der Waals surface area (Å²) in [5, 5.41) is 8.70. The molecule has 0 atom stereocenters. The van der Waals surface area contributed by atoms with Gasteiger partial charge in [-0.1, -0.05) is 24.0 Å². The lowest BCUT2D eigenvalue weighted by Crippen LogP contribution is -2.22. The Morgan fingerprint density at radius 3 is 3.05 bits per heavy atom. The molecule has 1 heterocycles. The molecule has 0 aliphatic rings. The van der Waals surface area contributed by atoms with Crippen LogP contribution in [0.15, 0.2) is 41.5 Å². The number of hydrogen-bond donors (Lipinski definition) is 1. The van der Waals surface area contributed by atoms with Crippen molar-refractivity contribution in [3.63, 3.8) is 0 Å². The van der Waals surface area contributed by atoms with Crippen molar-refractivity contribution < 1.29 is 5.11 Å². The first-order valence-electron chi connectivity index (χ1n) is 6.41. The quantitative estimate of drug-likeness (QED) is 0.855. The first-order valence-corrected chi connectivity index (χ1v) is 6.41. The maximum absolute atomic E-state index is 11.7. The van der Waals surface area contributed by atoms with Gasteiger partial charge in [-0.3, -0.25) is 4.57 Å². The lowest BCUT2D eigenvalue weighted by Gasteiger charge is -2.06. The van der Waals surface area contributed by atoms with Crippen molar-refractivity contribution in [1.82, 2.24) is 9.55 Å². The first kappa shape index (κ1) is 14.0. The van der Waals surface area contributed by atoms with Gasteiger partial charge in [0.25, 0.3) is 0 Å². The van der Waals surface area contributed by atoms with Crippen molar-refractivity contribution in [2.75, 3.05) is 6.61 Å². The highest BCUT2D eigenvalue weighted by molar-refractivity contribution is 5.37. The molecular formula is C16H16N2O2. The van der Waals surface area contributed by atoms with E-state index >= 15 is 0 Å². The topological polar surface area (TPSA) is 55.1 Å². The predicted octanol–water partition coefficient (Wildman–Crippen LogP) is 1.33. The largest absolute Gasteiger partial charge is 0.395 e. The summed E-state index contributed by atoms with van der Waals surface area (Å²) in [6.07, 6.45) is 3.82. The number of nitrogens with zero attached hydrogens (tertiary/aromatic N) is 2. The molecule has 1 aromatic heterocycles. The molecule has 20 heavy (non-hydrogen) atoms. The van der Waals surface area contributed by atoms with Crippen LogP contribution in [0.4, 0.5) is 0 Å². The molecule has 0 spiro atoms. The molecule has 1 aromatic carbocycles. The minimum atomic E-state index is -0.257. The van der Waals surface area contributed by atoms with Crippen LogP contribution in [0.2, 0.25) is 0 Å². The highest BCUT2D eigenvalue weighted by Gasteiger charge is 2.00. The van der Waals surface area contributed by atoms with E-state index in [4.69, 9.17) is 5.11 Å². The molecule has 0 aliphatic carbocycles. The van der Waals surface area contributed by atoms with Gasteiger partial charge in [-0.25, -0.2) is 9.78 Å². The van der Waals surface area contributed by atoms with Crippen LogP contribution in [0.5, 0.6) is 0 Å². The molecule has 4 heteroatoms. The minimum Gasteiger partial charge on any atom is -0.395 e. The molecule has 102 valence electrons. The van der Waals surface area contributed by atoms with Crippen molar-refractivity contribution in [2.24, 2.45) is 0 Å². The molecule has 4 nitrogen and oxygen atoms in total. The molecule has 0 amide bonds. The zero-order valence-electron chi connectivity index (χ0n) is 11.3. The summed E-state index contributed by atoms with van der Waals surface area (Å²) in [5.41, 5.74) is 2.57. The Morgan fingerprint density at radius 1 is 1.40 bits per heavy atom. The SMILES string of the molecule is Cc1cnc(=O)n(Cc2cccc(C#CCCO)c2)c1. The Morgan fingerprint density at radius 2 is 2.25 bits per heavy atom. The average Bonchev–Trinajstić information content (AvgIpc) is 2.44. The summed E-state index contributed by atoms with van der Waals surface area (Å²) >= 11 is 0. The number of hydrogen-bond acceptors (Lipinski definition) is 3. The maximum atomic E-state index is 11.7. The fraction of sp³-hybridized carbons (Fsp3) is 0.250. The summed E-state index contributed by atoms with van der Waals surface area (Å²) in [6, 6.07) is 7.71. The van der Waals surface area contributed by atoms with Gasteiger partial charge in [0.15, 0.2) is 0 Å². The molecule has 1 N–H and O–H groups in total. The van der Waals surface area contributed by atoms with E-state index in [-0.39, 0.29) is 12.3 Å². The van der Waals surface area contributed by atoms with Gasteiger partial charge in [0.2, 0.25) is 0 Å². The molecule has 2 rings (SSSR count).